The molecule has 0 atom stereocenters. The number of aliphatic imine (C=N–C) groups is 1. The molecule has 0 aromatic heterocycles. The number of hydrogen-bond acceptors (Lipinski definition) is 5. The number of isocyanates is 1. The number of carbonyl (C=O) groups excluding carboxylic acids is 1. The molecule has 1 aliphatic rings. The van der Waals surface area contributed by atoms with E-state index in [0.717, 1.165) is 5.56 Å². The maximum absolute atomic E-state index is 10.1. The molecule has 0 radical (unpaired) electrons. The third-order valence-corrected chi connectivity index (χ3v) is 2.26. The molecule has 0 unspecified atom stereocenters. The van der Waals surface area contributed by atoms with Gasteiger partial charge in [-0.15, -0.1) is 0 Å². The van der Waals surface area contributed by atoms with E-state index in [0.29, 0.717) is 30.5 Å². The van der Waals surface area contributed by atoms with Crippen molar-refractivity contribution in [1.29, 1.82) is 0 Å². The topological polar surface area (TPSA) is 57.1 Å². The first-order valence-electron chi connectivity index (χ1n) is 4.85. The third kappa shape index (κ3) is 1.99. The van der Waals surface area contributed by atoms with Gasteiger partial charge in [0, 0.05) is 11.6 Å². The lowest BCUT2D eigenvalue weighted by Gasteiger charge is -2.20. The maximum atomic E-state index is 10.1. The summed E-state index contributed by atoms with van der Waals surface area (Å²) in [4.78, 5) is 13.6. The van der Waals surface area contributed by atoms with Gasteiger partial charge in [0.1, 0.15) is 19.0 Å². The summed E-state index contributed by atoms with van der Waals surface area (Å²) in [6.07, 6.45) is 1.49. The predicted octanol–water partition coefficient (Wildman–Crippen LogP) is 1.30. The summed E-state index contributed by atoms with van der Waals surface area (Å²) in [5.41, 5.74) is 0.773. The molecule has 0 saturated carbocycles. The van der Waals surface area contributed by atoms with E-state index < -0.39 is 0 Å². The fourth-order valence-corrected chi connectivity index (χ4v) is 1.54. The first kappa shape index (κ1) is 10.5. The summed E-state index contributed by atoms with van der Waals surface area (Å²) in [6.45, 7) is 1.28. The second-order valence-corrected chi connectivity index (χ2v) is 3.22. The van der Waals surface area contributed by atoms with Gasteiger partial charge < -0.3 is 14.2 Å². The van der Waals surface area contributed by atoms with E-state index in [1.54, 1.807) is 19.2 Å². The molecule has 0 amide bonds. The van der Waals surface area contributed by atoms with Crippen molar-refractivity contribution in [3.63, 3.8) is 0 Å². The van der Waals surface area contributed by atoms with Crippen LogP contribution >= 0.6 is 0 Å². The maximum Gasteiger partial charge on any atom is 0.235 e. The van der Waals surface area contributed by atoms with Gasteiger partial charge in [0.05, 0.1) is 13.7 Å². The van der Waals surface area contributed by atoms with E-state index in [-0.39, 0.29) is 6.54 Å². The Balaban J connectivity index is 2.38. The quantitative estimate of drug-likeness (QED) is 0.570. The van der Waals surface area contributed by atoms with E-state index >= 15 is 0 Å². The van der Waals surface area contributed by atoms with Crippen LogP contribution in [0.3, 0.4) is 0 Å². The van der Waals surface area contributed by atoms with Crippen molar-refractivity contribution in [1.82, 2.24) is 0 Å². The van der Waals surface area contributed by atoms with Crippen LogP contribution < -0.4 is 14.2 Å². The van der Waals surface area contributed by atoms with Gasteiger partial charge in [0.25, 0.3) is 0 Å². The molecule has 1 aromatic carbocycles. The zero-order chi connectivity index (χ0) is 11.4. The summed E-state index contributed by atoms with van der Waals surface area (Å²) in [5.74, 6) is 1.94. The van der Waals surface area contributed by atoms with Gasteiger partial charge in [0.2, 0.25) is 6.08 Å². The number of hydrogen-bond donors (Lipinski definition) is 0. The SMILES string of the molecule is COc1cc2c(cc1CN=C=O)OCCO2. The van der Waals surface area contributed by atoms with Crippen molar-refractivity contribution in [3.8, 4) is 17.2 Å². The van der Waals surface area contributed by atoms with Gasteiger partial charge in [-0.2, -0.15) is 0 Å². The average Bonchev–Trinajstić information content (AvgIpc) is 2.35. The third-order valence-electron chi connectivity index (χ3n) is 2.26. The van der Waals surface area contributed by atoms with Crippen LogP contribution in [0, 0.1) is 0 Å². The lowest BCUT2D eigenvalue weighted by atomic mass is 10.1. The number of benzene rings is 1. The van der Waals surface area contributed by atoms with Gasteiger partial charge in [0.15, 0.2) is 11.5 Å². The molecular formula is C11H11NO4. The minimum Gasteiger partial charge on any atom is -0.496 e. The van der Waals surface area contributed by atoms with Crippen LogP contribution in [0.1, 0.15) is 5.56 Å². The van der Waals surface area contributed by atoms with Crippen LogP contribution in [0.25, 0.3) is 0 Å². The Morgan fingerprint density at radius 3 is 2.69 bits per heavy atom. The molecule has 5 heteroatoms. The molecule has 0 N–H and O–H groups in total. The largest absolute Gasteiger partial charge is 0.496 e. The molecule has 5 nitrogen and oxygen atoms in total. The van der Waals surface area contributed by atoms with Gasteiger partial charge in [-0.05, 0) is 6.07 Å². The van der Waals surface area contributed by atoms with Crippen LogP contribution in [-0.4, -0.2) is 26.4 Å². The lowest BCUT2D eigenvalue weighted by Crippen LogP contribution is -2.15. The molecule has 0 fully saturated rings. The lowest BCUT2D eigenvalue weighted by molar-refractivity contribution is 0.170. The number of ether oxygens (including phenoxy) is 3. The molecule has 2 rings (SSSR count). The number of nitrogens with zero attached hydrogens (tertiary/aromatic N) is 1. The fourth-order valence-electron chi connectivity index (χ4n) is 1.54. The minimum absolute atomic E-state index is 0.226. The molecule has 0 spiro atoms. The number of fused-ring (bicyclic) bond motifs is 1. The van der Waals surface area contributed by atoms with E-state index in [9.17, 15) is 4.79 Å². The molecule has 84 valence electrons. The van der Waals surface area contributed by atoms with Gasteiger partial charge in [-0.1, -0.05) is 0 Å². The van der Waals surface area contributed by atoms with Crippen LogP contribution in [0.2, 0.25) is 0 Å². The van der Waals surface area contributed by atoms with Gasteiger partial charge >= 0.3 is 0 Å². The molecule has 0 saturated heterocycles. The Morgan fingerprint density at radius 1 is 1.38 bits per heavy atom. The van der Waals surface area contributed by atoms with Crippen LogP contribution in [-0.2, 0) is 11.3 Å². The average molecular weight is 221 g/mol. The van der Waals surface area contributed by atoms with E-state index in [1.807, 2.05) is 0 Å². The van der Waals surface area contributed by atoms with Crippen LogP contribution in [0.15, 0.2) is 17.1 Å². The van der Waals surface area contributed by atoms with Crippen molar-refractivity contribution in [2.45, 2.75) is 6.54 Å². The Hall–Kier alpha value is -2.00. The zero-order valence-electron chi connectivity index (χ0n) is 8.86. The van der Waals surface area contributed by atoms with E-state index in [4.69, 9.17) is 14.2 Å². The monoisotopic (exact) mass is 221 g/mol. The highest BCUT2D eigenvalue weighted by atomic mass is 16.6. The summed E-state index contributed by atoms with van der Waals surface area (Å²) in [7, 11) is 1.56. The molecule has 0 bridgehead atoms. The molecule has 16 heavy (non-hydrogen) atoms. The summed E-state index contributed by atoms with van der Waals surface area (Å²) < 4.78 is 16.0. The molecule has 1 aromatic rings. The molecule has 1 heterocycles. The Labute approximate surface area is 92.6 Å². The predicted molar refractivity (Wildman–Crippen MR) is 55.8 cm³/mol. The second-order valence-electron chi connectivity index (χ2n) is 3.22. The zero-order valence-corrected chi connectivity index (χ0v) is 8.86. The highest BCUT2D eigenvalue weighted by Gasteiger charge is 2.15. The second kappa shape index (κ2) is 4.68. The van der Waals surface area contributed by atoms with Crippen molar-refractivity contribution in [2.75, 3.05) is 20.3 Å². The molecular weight excluding hydrogens is 210 g/mol. The van der Waals surface area contributed by atoms with Crippen molar-refractivity contribution >= 4 is 6.08 Å². The van der Waals surface area contributed by atoms with Crippen LogP contribution in [0.4, 0.5) is 0 Å². The standard InChI is InChI=1S/C11H11NO4/c1-14-9-5-11-10(15-2-3-16-11)4-8(9)6-12-7-13/h4-5H,2-3,6H2,1H3. The fraction of sp³-hybridized carbons (Fsp3) is 0.364. The molecule has 1 aliphatic heterocycles. The van der Waals surface area contributed by atoms with Gasteiger partial charge in [-0.3, -0.25) is 0 Å². The molecule has 0 aliphatic carbocycles. The van der Waals surface area contributed by atoms with E-state index in [2.05, 4.69) is 4.99 Å². The Morgan fingerprint density at radius 2 is 2.06 bits per heavy atom. The van der Waals surface area contributed by atoms with Gasteiger partial charge in [-0.25, -0.2) is 9.79 Å². The minimum atomic E-state index is 0.226. The van der Waals surface area contributed by atoms with Crippen molar-refractivity contribution in [3.05, 3.63) is 17.7 Å². The summed E-state index contributed by atoms with van der Waals surface area (Å²) in [6, 6.07) is 3.51. The van der Waals surface area contributed by atoms with E-state index in [1.165, 1.54) is 6.08 Å². The van der Waals surface area contributed by atoms with Crippen molar-refractivity contribution < 1.29 is 19.0 Å². The summed E-state index contributed by atoms with van der Waals surface area (Å²) in [5, 5.41) is 0. The number of methoxy groups -OCH3 is 1. The first-order valence-corrected chi connectivity index (χ1v) is 4.85. The van der Waals surface area contributed by atoms with Crippen molar-refractivity contribution in [2.24, 2.45) is 4.99 Å². The van der Waals surface area contributed by atoms with Crippen LogP contribution in [0.5, 0.6) is 17.2 Å². The Kier molecular flexibility index (Phi) is 3.08. The highest BCUT2D eigenvalue weighted by molar-refractivity contribution is 5.51. The smallest absolute Gasteiger partial charge is 0.235 e. The Bertz CT molecular complexity index is 438. The highest BCUT2D eigenvalue weighted by Crippen LogP contribution is 2.36. The normalized spacial score (nSPS) is 12.8. The summed E-state index contributed by atoms with van der Waals surface area (Å²) >= 11 is 0. The number of rotatable bonds is 3. The first-order chi connectivity index (χ1) is 7.85.